The van der Waals surface area contributed by atoms with Crippen LogP contribution in [0.1, 0.15) is 18.4 Å². The topological polar surface area (TPSA) is 62.4 Å². The van der Waals surface area contributed by atoms with Crippen molar-refractivity contribution < 1.29 is 13.9 Å². The van der Waals surface area contributed by atoms with Gasteiger partial charge >= 0.3 is 0 Å². The summed E-state index contributed by atoms with van der Waals surface area (Å²) in [5.74, 6) is -0.236. The number of carbonyl (C=O) groups excluding carboxylic acids is 1. The molecule has 2 fully saturated rings. The molecule has 0 aliphatic carbocycles. The van der Waals surface area contributed by atoms with Gasteiger partial charge < -0.3 is 20.7 Å². The minimum Gasteiger partial charge on any atom is -0.381 e. The molecule has 5 nitrogen and oxygen atoms in total. The summed E-state index contributed by atoms with van der Waals surface area (Å²) in [7, 11) is 0. The Bertz CT molecular complexity index is 540. The fourth-order valence-corrected chi connectivity index (χ4v) is 3.41. The molecule has 0 aromatic heterocycles. The van der Waals surface area contributed by atoms with Crippen LogP contribution >= 0.6 is 0 Å². The highest BCUT2D eigenvalue weighted by atomic mass is 19.1. The summed E-state index contributed by atoms with van der Waals surface area (Å²) in [6.07, 6.45) is 1.43. The zero-order valence-electron chi connectivity index (χ0n) is 13.2. The molecule has 126 valence electrons. The molecule has 1 aromatic rings. The maximum absolute atomic E-state index is 14.3. The number of benzene rings is 1. The quantitative estimate of drug-likeness (QED) is 0.758. The number of piperazine rings is 1. The molecule has 1 amide bonds. The summed E-state index contributed by atoms with van der Waals surface area (Å²) in [5.41, 5.74) is 0.291. The van der Waals surface area contributed by atoms with E-state index in [4.69, 9.17) is 4.74 Å². The zero-order chi connectivity index (χ0) is 16.1. The average Bonchev–Trinajstić information content (AvgIpc) is 2.61. The van der Waals surface area contributed by atoms with Gasteiger partial charge in [0.15, 0.2) is 0 Å². The van der Waals surface area contributed by atoms with Crippen molar-refractivity contribution in [3.63, 3.8) is 0 Å². The third-order valence-electron chi connectivity index (χ3n) is 4.85. The Balaban J connectivity index is 1.72. The van der Waals surface area contributed by atoms with Crippen molar-refractivity contribution in [2.24, 2.45) is 0 Å². The maximum Gasteiger partial charge on any atom is 0.238 e. The Labute approximate surface area is 136 Å². The van der Waals surface area contributed by atoms with Crippen molar-refractivity contribution in [3.8, 4) is 0 Å². The van der Waals surface area contributed by atoms with Crippen LogP contribution in [-0.4, -0.2) is 51.3 Å². The fraction of sp³-hybridized carbons (Fsp3) is 0.588. The molecule has 2 heterocycles. The zero-order valence-corrected chi connectivity index (χ0v) is 13.2. The van der Waals surface area contributed by atoms with E-state index in [9.17, 15) is 9.18 Å². The molecule has 0 bridgehead atoms. The number of hydrogen-bond acceptors (Lipinski definition) is 4. The van der Waals surface area contributed by atoms with Crippen LogP contribution in [0, 0.1) is 5.82 Å². The molecule has 6 heteroatoms. The van der Waals surface area contributed by atoms with Crippen molar-refractivity contribution in [2.75, 3.05) is 39.4 Å². The molecule has 2 saturated heterocycles. The predicted octanol–water partition coefficient (Wildman–Crippen LogP) is 0.552. The normalized spacial score (nSPS) is 24.1. The number of rotatable bonds is 4. The van der Waals surface area contributed by atoms with E-state index in [-0.39, 0.29) is 23.2 Å². The predicted molar refractivity (Wildman–Crippen MR) is 85.8 cm³/mol. The molecule has 3 N–H and O–H groups in total. The number of hydrogen-bond donors (Lipinski definition) is 3. The first kappa shape index (κ1) is 16.4. The standard InChI is InChI=1S/C17H24FN3O2/c18-14-4-2-1-3-13(14)17(5-9-23-10-6-17)12-21-16(22)15-11-19-7-8-20-15/h1-4,15,19-20H,5-12H2,(H,21,22). The number of halogens is 1. The highest BCUT2D eigenvalue weighted by molar-refractivity contribution is 5.82. The van der Waals surface area contributed by atoms with Crippen molar-refractivity contribution in [1.82, 2.24) is 16.0 Å². The van der Waals surface area contributed by atoms with Gasteiger partial charge in [0.05, 0.1) is 6.04 Å². The Morgan fingerprint density at radius 3 is 2.78 bits per heavy atom. The molecule has 0 radical (unpaired) electrons. The molecule has 0 saturated carbocycles. The Kier molecular flexibility index (Phi) is 5.25. The summed E-state index contributed by atoms with van der Waals surface area (Å²) in [5, 5.41) is 9.42. The molecule has 3 rings (SSSR count). The minimum atomic E-state index is -0.388. The van der Waals surface area contributed by atoms with Crippen molar-refractivity contribution in [2.45, 2.75) is 24.3 Å². The second kappa shape index (κ2) is 7.38. The lowest BCUT2D eigenvalue weighted by atomic mass is 9.73. The summed E-state index contributed by atoms with van der Waals surface area (Å²) < 4.78 is 19.8. The smallest absolute Gasteiger partial charge is 0.238 e. The monoisotopic (exact) mass is 321 g/mol. The summed E-state index contributed by atoms with van der Waals surface area (Å²) in [6, 6.07) is 6.64. The van der Waals surface area contributed by atoms with Crippen LogP contribution in [0.3, 0.4) is 0 Å². The van der Waals surface area contributed by atoms with Crippen LogP contribution in [0.2, 0.25) is 0 Å². The highest BCUT2D eigenvalue weighted by Gasteiger charge is 2.37. The second-order valence-electron chi connectivity index (χ2n) is 6.30. The molecule has 1 aromatic carbocycles. The third-order valence-corrected chi connectivity index (χ3v) is 4.85. The summed E-state index contributed by atoms with van der Waals surface area (Å²) in [4.78, 5) is 12.4. The van der Waals surface area contributed by atoms with E-state index in [1.54, 1.807) is 6.07 Å². The van der Waals surface area contributed by atoms with Gasteiger partial charge in [0.1, 0.15) is 5.82 Å². The van der Waals surface area contributed by atoms with Crippen LogP contribution in [-0.2, 0) is 14.9 Å². The number of amides is 1. The lowest BCUT2D eigenvalue weighted by molar-refractivity contribution is -0.123. The van der Waals surface area contributed by atoms with Crippen LogP contribution in [0.15, 0.2) is 24.3 Å². The van der Waals surface area contributed by atoms with Gasteiger partial charge in [0, 0.05) is 44.8 Å². The fourth-order valence-electron chi connectivity index (χ4n) is 3.41. The van der Waals surface area contributed by atoms with Gasteiger partial charge in [-0.3, -0.25) is 4.79 Å². The molecule has 1 atom stereocenters. The van der Waals surface area contributed by atoms with Gasteiger partial charge in [-0.25, -0.2) is 4.39 Å². The maximum atomic E-state index is 14.3. The van der Waals surface area contributed by atoms with E-state index in [1.807, 2.05) is 12.1 Å². The molecule has 23 heavy (non-hydrogen) atoms. The van der Waals surface area contributed by atoms with Gasteiger partial charge in [0.25, 0.3) is 0 Å². The van der Waals surface area contributed by atoms with E-state index >= 15 is 0 Å². The minimum absolute atomic E-state index is 0.0283. The van der Waals surface area contributed by atoms with E-state index in [0.717, 1.165) is 13.1 Å². The lowest BCUT2D eigenvalue weighted by Gasteiger charge is -2.38. The van der Waals surface area contributed by atoms with Gasteiger partial charge in [0.2, 0.25) is 5.91 Å². The molecule has 2 aliphatic heterocycles. The Morgan fingerprint density at radius 2 is 2.09 bits per heavy atom. The van der Waals surface area contributed by atoms with Gasteiger partial charge in [-0.1, -0.05) is 18.2 Å². The van der Waals surface area contributed by atoms with Gasteiger partial charge in [-0.15, -0.1) is 0 Å². The second-order valence-corrected chi connectivity index (χ2v) is 6.30. The van der Waals surface area contributed by atoms with Gasteiger partial charge in [-0.05, 0) is 24.5 Å². The average molecular weight is 321 g/mol. The highest BCUT2D eigenvalue weighted by Crippen LogP contribution is 2.35. The van der Waals surface area contributed by atoms with Crippen LogP contribution in [0.5, 0.6) is 0 Å². The van der Waals surface area contributed by atoms with Crippen LogP contribution < -0.4 is 16.0 Å². The Morgan fingerprint density at radius 1 is 1.30 bits per heavy atom. The van der Waals surface area contributed by atoms with E-state index in [0.29, 0.717) is 44.7 Å². The first-order valence-corrected chi connectivity index (χ1v) is 8.26. The SMILES string of the molecule is O=C(NCC1(c2ccccc2F)CCOCC1)C1CNCCN1. The molecular weight excluding hydrogens is 297 g/mol. The lowest BCUT2D eigenvalue weighted by Crippen LogP contribution is -2.57. The molecular formula is C17H24FN3O2. The summed E-state index contributed by atoms with van der Waals surface area (Å²) in [6.45, 7) is 3.90. The summed E-state index contributed by atoms with van der Waals surface area (Å²) >= 11 is 0. The van der Waals surface area contributed by atoms with Crippen molar-refractivity contribution >= 4 is 5.91 Å². The molecule has 0 spiro atoms. The van der Waals surface area contributed by atoms with Crippen LogP contribution in [0.25, 0.3) is 0 Å². The number of carbonyl (C=O) groups is 1. The van der Waals surface area contributed by atoms with E-state index < -0.39 is 0 Å². The number of ether oxygens (including phenoxy) is 1. The first-order valence-electron chi connectivity index (χ1n) is 8.26. The third kappa shape index (κ3) is 3.71. The van der Waals surface area contributed by atoms with Gasteiger partial charge in [-0.2, -0.15) is 0 Å². The largest absolute Gasteiger partial charge is 0.381 e. The van der Waals surface area contributed by atoms with E-state index in [2.05, 4.69) is 16.0 Å². The number of nitrogens with one attached hydrogen (secondary N) is 3. The first-order chi connectivity index (χ1) is 11.2. The molecule has 2 aliphatic rings. The Hall–Kier alpha value is -1.50. The molecule has 1 unspecified atom stereocenters. The van der Waals surface area contributed by atoms with E-state index in [1.165, 1.54) is 6.07 Å². The van der Waals surface area contributed by atoms with Crippen LogP contribution in [0.4, 0.5) is 4.39 Å². The van der Waals surface area contributed by atoms with Crippen molar-refractivity contribution in [3.05, 3.63) is 35.6 Å². The van der Waals surface area contributed by atoms with Crippen molar-refractivity contribution in [1.29, 1.82) is 0 Å².